The van der Waals surface area contributed by atoms with E-state index in [2.05, 4.69) is 44.9 Å². The van der Waals surface area contributed by atoms with Crippen molar-refractivity contribution in [3.8, 4) is 0 Å². The van der Waals surface area contributed by atoms with Gasteiger partial charge in [-0.05, 0) is 50.1 Å². The minimum Gasteiger partial charge on any atom is -0.324 e. The standard InChI is InChI=1S/C17H23N3/c1-10-5-6-13-16(12(3)18)14-9-20(4)8-7-15(14)19-17(13)11(10)2/h5-6,12H,7-9,18H2,1-4H3. The number of hydrogen-bond donors (Lipinski definition) is 1. The highest BCUT2D eigenvalue weighted by Crippen LogP contribution is 2.33. The van der Waals surface area contributed by atoms with Crippen LogP contribution in [0.2, 0.25) is 0 Å². The van der Waals surface area contributed by atoms with E-state index in [1.165, 1.54) is 33.3 Å². The molecule has 106 valence electrons. The molecule has 1 aliphatic rings. The first-order chi connectivity index (χ1) is 9.49. The van der Waals surface area contributed by atoms with Crippen LogP contribution in [0, 0.1) is 13.8 Å². The summed E-state index contributed by atoms with van der Waals surface area (Å²) < 4.78 is 0. The highest BCUT2D eigenvalue weighted by atomic mass is 15.1. The average Bonchev–Trinajstić information content (AvgIpc) is 2.40. The third-order valence-corrected chi connectivity index (χ3v) is 4.53. The smallest absolute Gasteiger partial charge is 0.0740 e. The number of nitrogens with two attached hydrogens (primary N) is 1. The van der Waals surface area contributed by atoms with Crippen molar-refractivity contribution in [2.24, 2.45) is 5.73 Å². The van der Waals surface area contributed by atoms with Crippen LogP contribution in [0.3, 0.4) is 0 Å². The predicted molar refractivity (Wildman–Crippen MR) is 83.9 cm³/mol. The zero-order chi connectivity index (χ0) is 14.4. The lowest BCUT2D eigenvalue weighted by molar-refractivity contribution is 0.308. The quantitative estimate of drug-likeness (QED) is 0.865. The molecular weight excluding hydrogens is 246 g/mol. The monoisotopic (exact) mass is 269 g/mol. The Morgan fingerprint density at radius 3 is 2.75 bits per heavy atom. The third kappa shape index (κ3) is 2.02. The minimum absolute atomic E-state index is 0.0443. The van der Waals surface area contributed by atoms with Crippen molar-refractivity contribution in [2.45, 2.75) is 39.8 Å². The summed E-state index contributed by atoms with van der Waals surface area (Å²) in [7, 11) is 2.17. The number of benzene rings is 1. The maximum absolute atomic E-state index is 6.29. The Morgan fingerprint density at radius 1 is 1.30 bits per heavy atom. The number of aryl methyl sites for hydroxylation is 2. The van der Waals surface area contributed by atoms with Gasteiger partial charge in [-0.1, -0.05) is 12.1 Å². The number of likely N-dealkylation sites (N-methyl/N-ethyl adjacent to an activating group) is 1. The van der Waals surface area contributed by atoms with Crippen LogP contribution in [0.25, 0.3) is 10.9 Å². The Hall–Kier alpha value is -1.45. The van der Waals surface area contributed by atoms with Crippen LogP contribution in [-0.4, -0.2) is 23.5 Å². The molecule has 0 spiro atoms. The van der Waals surface area contributed by atoms with Gasteiger partial charge in [-0.15, -0.1) is 0 Å². The molecule has 2 N–H and O–H groups in total. The summed E-state index contributed by atoms with van der Waals surface area (Å²) >= 11 is 0. The average molecular weight is 269 g/mol. The van der Waals surface area contributed by atoms with Crippen molar-refractivity contribution in [1.82, 2.24) is 9.88 Å². The largest absolute Gasteiger partial charge is 0.324 e. The third-order valence-electron chi connectivity index (χ3n) is 4.53. The Kier molecular flexibility index (Phi) is 3.27. The molecule has 0 fully saturated rings. The molecular formula is C17H23N3. The van der Waals surface area contributed by atoms with Crippen molar-refractivity contribution in [3.63, 3.8) is 0 Å². The highest BCUT2D eigenvalue weighted by molar-refractivity contribution is 5.87. The van der Waals surface area contributed by atoms with Gasteiger partial charge in [-0.25, -0.2) is 0 Å². The molecule has 3 rings (SSSR count). The lowest BCUT2D eigenvalue weighted by Gasteiger charge is -2.29. The van der Waals surface area contributed by atoms with Crippen LogP contribution in [0.5, 0.6) is 0 Å². The van der Waals surface area contributed by atoms with E-state index >= 15 is 0 Å². The number of rotatable bonds is 1. The summed E-state index contributed by atoms with van der Waals surface area (Å²) in [5, 5.41) is 1.23. The summed E-state index contributed by atoms with van der Waals surface area (Å²) in [6.07, 6.45) is 1.02. The van der Waals surface area contributed by atoms with E-state index in [1.807, 2.05) is 0 Å². The van der Waals surface area contributed by atoms with E-state index in [-0.39, 0.29) is 6.04 Å². The minimum atomic E-state index is 0.0443. The summed E-state index contributed by atoms with van der Waals surface area (Å²) in [5.74, 6) is 0. The highest BCUT2D eigenvalue weighted by Gasteiger charge is 2.23. The fraction of sp³-hybridized carbons (Fsp3) is 0.471. The summed E-state index contributed by atoms with van der Waals surface area (Å²) in [6.45, 7) is 8.43. The number of nitrogens with zero attached hydrogens (tertiary/aromatic N) is 2. The molecule has 1 atom stereocenters. The van der Waals surface area contributed by atoms with Gasteiger partial charge in [0.25, 0.3) is 0 Å². The first-order valence-corrected chi connectivity index (χ1v) is 7.34. The first kappa shape index (κ1) is 13.5. The van der Waals surface area contributed by atoms with Crippen molar-refractivity contribution >= 4 is 10.9 Å². The van der Waals surface area contributed by atoms with Crippen LogP contribution in [-0.2, 0) is 13.0 Å². The van der Waals surface area contributed by atoms with Crippen LogP contribution >= 0.6 is 0 Å². The van der Waals surface area contributed by atoms with E-state index in [0.717, 1.165) is 25.0 Å². The zero-order valence-corrected chi connectivity index (χ0v) is 12.8. The number of hydrogen-bond acceptors (Lipinski definition) is 3. The van der Waals surface area contributed by atoms with Gasteiger partial charge >= 0.3 is 0 Å². The zero-order valence-electron chi connectivity index (χ0n) is 12.8. The molecule has 3 nitrogen and oxygen atoms in total. The molecule has 1 unspecified atom stereocenters. The van der Waals surface area contributed by atoms with Crippen LogP contribution in [0.4, 0.5) is 0 Å². The molecule has 0 saturated carbocycles. The van der Waals surface area contributed by atoms with E-state index in [0.29, 0.717) is 0 Å². The molecule has 3 heteroatoms. The Labute approximate surface area is 120 Å². The maximum atomic E-state index is 6.29. The summed E-state index contributed by atoms with van der Waals surface area (Å²) in [5.41, 5.74) is 13.9. The van der Waals surface area contributed by atoms with Gasteiger partial charge in [0.1, 0.15) is 0 Å². The van der Waals surface area contributed by atoms with E-state index < -0.39 is 0 Å². The lowest BCUT2D eigenvalue weighted by Crippen LogP contribution is -2.29. The lowest BCUT2D eigenvalue weighted by atomic mass is 9.90. The van der Waals surface area contributed by atoms with Gasteiger partial charge in [0, 0.05) is 36.6 Å². The Morgan fingerprint density at radius 2 is 2.05 bits per heavy atom. The van der Waals surface area contributed by atoms with Crippen LogP contribution in [0.15, 0.2) is 12.1 Å². The van der Waals surface area contributed by atoms with E-state index in [1.54, 1.807) is 0 Å². The fourth-order valence-corrected chi connectivity index (χ4v) is 3.23. The number of pyridine rings is 1. The number of fused-ring (bicyclic) bond motifs is 2. The second kappa shape index (κ2) is 4.83. The van der Waals surface area contributed by atoms with Crippen LogP contribution < -0.4 is 5.73 Å². The molecule has 1 aromatic heterocycles. The SMILES string of the molecule is Cc1ccc2c(C(C)N)c3c(nc2c1C)CCN(C)C3. The first-order valence-electron chi connectivity index (χ1n) is 7.34. The van der Waals surface area contributed by atoms with Gasteiger partial charge in [0.05, 0.1) is 5.52 Å². The predicted octanol–water partition coefficient (Wildman–Crippen LogP) is 2.86. The molecule has 1 aromatic carbocycles. The molecule has 20 heavy (non-hydrogen) atoms. The molecule has 1 aliphatic heterocycles. The molecule has 0 aliphatic carbocycles. The number of aromatic nitrogens is 1. The molecule has 0 amide bonds. The van der Waals surface area contributed by atoms with Crippen molar-refractivity contribution in [2.75, 3.05) is 13.6 Å². The molecule has 2 heterocycles. The fourth-order valence-electron chi connectivity index (χ4n) is 3.23. The second-order valence-corrected chi connectivity index (χ2v) is 6.13. The molecule has 0 bridgehead atoms. The van der Waals surface area contributed by atoms with Gasteiger partial charge < -0.3 is 10.6 Å². The molecule has 0 saturated heterocycles. The molecule has 0 radical (unpaired) electrons. The van der Waals surface area contributed by atoms with E-state index in [4.69, 9.17) is 10.7 Å². The normalized spacial score (nSPS) is 17.2. The van der Waals surface area contributed by atoms with Gasteiger partial charge in [0.15, 0.2) is 0 Å². The van der Waals surface area contributed by atoms with Gasteiger partial charge in [0.2, 0.25) is 0 Å². The summed E-state index contributed by atoms with van der Waals surface area (Å²) in [6, 6.07) is 4.42. The van der Waals surface area contributed by atoms with Gasteiger partial charge in [-0.2, -0.15) is 0 Å². The maximum Gasteiger partial charge on any atom is 0.0740 e. The summed E-state index contributed by atoms with van der Waals surface area (Å²) in [4.78, 5) is 7.32. The second-order valence-electron chi connectivity index (χ2n) is 6.13. The molecule has 2 aromatic rings. The van der Waals surface area contributed by atoms with Crippen molar-refractivity contribution in [1.29, 1.82) is 0 Å². The van der Waals surface area contributed by atoms with Gasteiger partial charge in [-0.3, -0.25) is 4.98 Å². The topological polar surface area (TPSA) is 42.1 Å². The van der Waals surface area contributed by atoms with Crippen molar-refractivity contribution < 1.29 is 0 Å². The van der Waals surface area contributed by atoms with E-state index in [9.17, 15) is 0 Å². The van der Waals surface area contributed by atoms with Crippen molar-refractivity contribution in [3.05, 3.63) is 40.1 Å². The Bertz CT molecular complexity index is 674. The Balaban J connectivity index is 2.38. The van der Waals surface area contributed by atoms with Crippen LogP contribution in [0.1, 0.15) is 40.9 Å².